The highest BCUT2D eigenvalue weighted by molar-refractivity contribution is 9.09. The number of fused-ring (bicyclic) bond motifs is 1. The first kappa shape index (κ1) is 17.3. The third-order valence-corrected chi connectivity index (χ3v) is 5.85. The molecule has 1 amide bonds. The molecule has 2 aliphatic carbocycles. The van der Waals surface area contributed by atoms with Crippen LogP contribution >= 0.6 is 15.9 Å². The van der Waals surface area contributed by atoms with E-state index in [4.69, 9.17) is 0 Å². The molecule has 1 aliphatic heterocycles. The SMILES string of the molecule is CC(C)(C)CN(CC(=C1CC1)N1CC[C@@H]2C[C@@H]2CC1)C(=O)CBr. The van der Waals surface area contributed by atoms with Crippen LogP contribution in [0, 0.1) is 17.3 Å². The topological polar surface area (TPSA) is 23.6 Å². The summed E-state index contributed by atoms with van der Waals surface area (Å²) in [7, 11) is 0. The Labute approximate surface area is 149 Å². The van der Waals surface area contributed by atoms with Crippen molar-refractivity contribution >= 4 is 21.8 Å². The van der Waals surface area contributed by atoms with E-state index in [1.165, 1.54) is 50.9 Å². The van der Waals surface area contributed by atoms with Gasteiger partial charge in [-0.1, -0.05) is 36.7 Å². The molecule has 0 unspecified atom stereocenters. The number of amides is 1. The third-order valence-electron chi connectivity index (χ3n) is 5.37. The molecular weight excluding hydrogens is 352 g/mol. The molecule has 0 aromatic carbocycles. The predicted octanol–water partition coefficient (Wildman–Crippen LogP) is 4.04. The molecular formula is C19H31BrN2O. The van der Waals surface area contributed by atoms with Crippen molar-refractivity contribution in [1.82, 2.24) is 9.80 Å². The zero-order valence-electron chi connectivity index (χ0n) is 14.9. The maximum Gasteiger partial charge on any atom is 0.233 e. The van der Waals surface area contributed by atoms with Crippen LogP contribution in [-0.2, 0) is 4.79 Å². The van der Waals surface area contributed by atoms with Crippen LogP contribution in [0.2, 0.25) is 0 Å². The van der Waals surface area contributed by atoms with Crippen molar-refractivity contribution in [1.29, 1.82) is 0 Å². The molecule has 0 aromatic heterocycles. The number of carbonyl (C=O) groups excluding carboxylic acids is 1. The van der Waals surface area contributed by atoms with E-state index in [9.17, 15) is 4.79 Å². The second-order valence-electron chi connectivity index (χ2n) is 8.81. The largest absolute Gasteiger partial charge is 0.373 e. The Morgan fingerprint density at radius 3 is 2.30 bits per heavy atom. The Hall–Kier alpha value is -0.510. The summed E-state index contributed by atoms with van der Waals surface area (Å²) in [4.78, 5) is 17.1. The van der Waals surface area contributed by atoms with Crippen molar-refractivity contribution in [3.05, 3.63) is 11.3 Å². The number of allylic oxidation sites excluding steroid dienone is 1. The van der Waals surface area contributed by atoms with Gasteiger partial charge in [-0.3, -0.25) is 4.79 Å². The van der Waals surface area contributed by atoms with Crippen molar-refractivity contribution in [3.8, 4) is 0 Å². The van der Waals surface area contributed by atoms with Crippen LogP contribution < -0.4 is 0 Å². The van der Waals surface area contributed by atoms with E-state index in [1.54, 1.807) is 5.57 Å². The first-order chi connectivity index (χ1) is 10.9. The lowest BCUT2D eigenvalue weighted by molar-refractivity contribution is -0.129. The number of hydrogen-bond donors (Lipinski definition) is 0. The predicted molar refractivity (Wildman–Crippen MR) is 98.5 cm³/mol. The van der Waals surface area contributed by atoms with E-state index in [2.05, 4.69) is 46.5 Å². The Balaban J connectivity index is 1.70. The highest BCUT2D eigenvalue weighted by atomic mass is 79.9. The highest BCUT2D eigenvalue weighted by Gasteiger charge is 2.39. The average Bonchev–Trinajstić information content (AvgIpc) is 3.34. The van der Waals surface area contributed by atoms with E-state index in [1.807, 2.05) is 0 Å². The summed E-state index contributed by atoms with van der Waals surface area (Å²) < 4.78 is 0. The fraction of sp³-hybridized carbons (Fsp3) is 0.842. The minimum Gasteiger partial charge on any atom is -0.373 e. The molecule has 23 heavy (non-hydrogen) atoms. The van der Waals surface area contributed by atoms with Crippen molar-refractivity contribution < 1.29 is 4.79 Å². The molecule has 0 N–H and O–H groups in total. The van der Waals surface area contributed by atoms with Crippen molar-refractivity contribution in [3.63, 3.8) is 0 Å². The summed E-state index contributed by atoms with van der Waals surface area (Å²) in [5.41, 5.74) is 3.21. The monoisotopic (exact) mass is 382 g/mol. The zero-order chi connectivity index (χ0) is 16.6. The maximum absolute atomic E-state index is 12.4. The summed E-state index contributed by atoms with van der Waals surface area (Å²) >= 11 is 3.37. The van der Waals surface area contributed by atoms with Crippen LogP contribution in [0.4, 0.5) is 0 Å². The van der Waals surface area contributed by atoms with Gasteiger partial charge in [0.1, 0.15) is 0 Å². The second kappa shape index (κ2) is 6.78. The summed E-state index contributed by atoms with van der Waals surface area (Å²) in [6.45, 7) is 10.7. The van der Waals surface area contributed by atoms with Gasteiger partial charge in [0.15, 0.2) is 0 Å². The average molecular weight is 383 g/mol. The fourth-order valence-electron chi connectivity index (χ4n) is 3.90. The summed E-state index contributed by atoms with van der Waals surface area (Å²) in [6, 6.07) is 0. The first-order valence-electron chi connectivity index (χ1n) is 9.17. The quantitative estimate of drug-likeness (QED) is 0.669. The molecule has 2 atom stereocenters. The molecule has 0 spiro atoms. The number of carbonyl (C=O) groups is 1. The van der Waals surface area contributed by atoms with Gasteiger partial charge in [0, 0.05) is 25.3 Å². The number of rotatable bonds is 5. The number of hydrogen-bond acceptors (Lipinski definition) is 2. The molecule has 3 aliphatic rings. The van der Waals surface area contributed by atoms with Crippen LogP contribution in [0.1, 0.15) is 52.9 Å². The van der Waals surface area contributed by atoms with Crippen LogP contribution in [0.15, 0.2) is 11.3 Å². The van der Waals surface area contributed by atoms with E-state index in [0.29, 0.717) is 5.33 Å². The van der Waals surface area contributed by atoms with Crippen LogP contribution in [0.3, 0.4) is 0 Å². The fourth-order valence-corrected chi connectivity index (χ4v) is 4.25. The first-order valence-corrected chi connectivity index (χ1v) is 10.3. The zero-order valence-corrected chi connectivity index (χ0v) is 16.5. The normalized spacial score (nSPS) is 26.4. The summed E-state index contributed by atoms with van der Waals surface area (Å²) in [5, 5.41) is 0.426. The molecule has 1 saturated heterocycles. The summed E-state index contributed by atoms with van der Waals surface area (Å²) in [6.07, 6.45) is 6.66. The number of likely N-dealkylation sites (tertiary alicyclic amines) is 1. The number of halogens is 1. The molecule has 3 nitrogen and oxygen atoms in total. The number of alkyl halides is 1. The third kappa shape index (κ3) is 4.74. The van der Waals surface area contributed by atoms with E-state index >= 15 is 0 Å². The number of nitrogens with zero attached hydrogens (tertiary/aromatic N) is 2. The molecule has 0 bridgehead atoms. The molecule has 3 rings (SSSR count). The minimum absolute atomic E-state index is 0.136. The smallest absolute Gasteiger partial charge is 0.233 e. The van der Waals surface area contributed by atoms with Gasteiger partial charge < -0.3 is 9.80 Å². The second-order valence-corrected chi connectivity index (χ2v) is 9.38. The van der Waals surface area contributed by atoms with E-state index in [-0.39, 0.29) is 11.3 Å². The Morgan fingerprint density at radius 1 is 1.22 bits per heavy atom. The van der Waals surface area contributed by atoms with Gasteiger partial charge >= 0.3 is 0 Å². The Bertz CT molecular complexity index is 476. The lowest BCUT2D eigenvalue weighted by atomic mass is 9.96. The van der Waals surface area contributed by atoms with Gasteiger partial charge in [0.05, 0.1) is 11.9 Å². The van der Waals surface area contributed by atoms with Crippen molar-refractivity contribution in [2.24, 2.45) is 17.3 Å². The van der Waals surface area contributed by atoms with Gasteiger partial charge in [0.25, 0.3) is 0 Å². The molecule has 130 valence electrons. The lowest BCUT2D eigenvalue weighted by Crippen LogP contribution is -2.42. The maximum atomic E-state index is 12.4. The van der Waals surface area contributed by atoms with E-state index in [0.717, 1.165) is 24.9 Å². The van der Waals surface area contributed by atoms with Gasteiger partial charge in [0.2, 0.25) is 5.91 Å². The van der Waals surface area contributed by atoms with Crippen LogP contribution in [-0.4, -0.2) is 47.2 Å². The van der Waals surface area contributed by atoms with E-state index < -0.39 is 0 Å². The lowest BCUT2D eigenvalue weighted by Gasteiger charge is -2.34. The van der Waals surface area contributed by atoms with Crippen LogP contribution in [0.5, 0.6) is 0 Å². The van der Waals surface area contributed by atoms with Gasteiger partial charge in [-0.15, -0.1) is 0 Å². The summed E-state index contributed by atoms with van der Waals surface area (Å²) in [5.74, 6) is 2.22. The van der Waals surface area contributed by atoms with Crippen LogP contribution in [0.25, 0.3) is 0 Å². The Kier molecular flexibility index (Phi) is 5.10. The van der Waals surface area contributed by atoms with Gasteiger partial charge in [-0.05, 0) is 54.9 Å². The highest BCUT2D eigenvalue weighted by Crippen LogP contribution is 2.46. The van der Waals surface area contributed by atoms with Gasteiger partial charge in [-0.2, -0.15) is 0 Å². The standard InChI is InChI=1S/C19H31BrN2O/c1-19(2,3)13-22(18(23)11-20)12-17(14-4-5-14)21-8-6-15-10-16(15)7-9-21/h15-16H,4-13H2,1-3H3/t15-,16+. The molecule has 1 heterocycles. The molecule has 3 fully saturated rings. The minimum atomic E-state index is 0.136. The molecule has 0 radical (unpaired) electrons. The molecule has 0 aromatic rings. The molecule has 4 heteroatoms. The molecule has 2 saturated carbocycles. The van der Waals surface area contributed by atoms with Gasteiger partial charge in [-0.25, -0.2) is 0 Å². The van der Waals surface area contributed by atoms with Crippen molar-refractivity contribution in [2.75, 3.05) is 31.5 Å². The Morgan fingerprint density at radius 2 is 1.83 bits per heavy atom. The van der Waals surface area contributed by atoms with Crippen molar-refractivity contribution in [2.45, 2.75) is 52.9 Å².